The van der Waals surface area contributed by atoms with Crippen molar-refractivity contribution in [2.45, 2.75) is 19.5 Å². The molecule has 0 unspecified atom stereocenters. The van der Waals surface area contributed by atoms with E-state index in [4.69, 9.17) is 26.1 Å². The van der Waals surface area contributed by atoms with Crippen molar-refractivity contribution < 1.29 is 19.0 Å². The summed E-state index contributed by atoms with van der Waals surface area (Å²) in [6.07, 6.45) is 2.14. The molecule has 2 aromatic heterocycles. The van der Waals surface area contributed by atoms with Crippen molar-refractivity contribution in [3.63, 3.8) is 0 Å². The average molecular weight is 429 g/mol. The van der Waals surface area contributed by atoms with Gasteiger partial charge in [-0.25, -0.2) is 0 Å². The third-order valence-corrected chi connectivity index (χ3v) is 5.21. The van der Waals surface area contributed by atoms with Crippen LogP contribution in [0.3, 0.4) is 0 Å². The number of thiocarbonyl (C=S) groups is 1. The summed E-state index contributed by atoms with van der Waals surface area (Å²) in [7, 11) is 0. The van der Waals surface area contributed by atoms with Gasteiger partial charge in [0.05, 0.1) is 24.9 Å². The molecule has 1 aliphatic heterocycles. The Morgan fingerprint density at radius 3 is 2.77 bits per heavy atom. The van der Waals surface area contributed by atoms with Crippen LogP contribution in [0.25, 0.3) is 10.9 Å². The van der Waals surface area contributed by atoms with Gasteiger partial charge in [0.15, 0.2) is 16.6 Å². The van der Waals surface area contributed by atoms with Crippen LogP contribution < -0.4 is 20.3 Å². The van der Waals surface area contributed by atoms with Crippen LogP contribution in [0.2, 0.25) is 0 Å². The number of aliphatic hydroxyl groups excluding tert-OH is 1. The zero-order chi connectivity index (χ0) is 20.9. The molecule has 30 heavy (non-hydrogen) atoms. The molecule has 0 radical (unpaired) electrons. The van der Waals surface area contributed by atoms with Crippen LogP contribution in [0.5, 0.6) is 11.5 Å². The van der Waals surface area contributed by atoms with E-state index in [1.165, 1.54) is 0 Å². The molecule has 0 atom stereocenters. The fourth-order valence-corrected chi connectivity index (χ4v) is 3.54. The van der Waals surface area contributed by atoms with Gasteiger partial charge in [-0.1, -0.05) is 0 Å². The smallest absolute Gasteiger partial charge is 0.253 e. The molecular weight excluding hydrogens is 406 g/mol. The van der Waals surface area contributed by atoms with E-state index in [0.29, 0.717) is 67.0 Å². The lowest BCUT2D eigenvalue weighted by Crippen LogP contribution is -2.40. The Labute approximate surface area is 178 Å². The van der Waals surface area contributed by atoms with Crippen LogP contribution in [0.15, 0.2) is 45.8 Å². The molecule has 0 saturated heterocycles. The molecule has 3 heterocycles. The fraction of sp³-hybridized carbons (Fsp3) is 0.333. The number of nitrogens with one attached hydrogen (secondary N) is 2. The van der Waals surface area contributed by atoms with Gasteiger partial charge in [0.1, 0.15) is 19.0 Å². The van der Waals surface area contributed by atoms with Crippen molar-refractivity contribution in [3.8, 4) is 11.5 Å². The van der Waals surface area contributed by atoms with Crippen LogP contribution in [-0.4, -0.2) is 46.5 Å². The van der Waals surface area contributed by atoms with Gasteiger partial charge in [-0.15, -0.1) is 0 Å². The quantitative estimate of drug-likeness (QED) is 0.492. The average Bonchev–Trinajstić information content (AvgIpc) is 3.27. The Bertz CT molecular complexity index is 1080. The number of aliphatic hydroxyl groups is 1. The highest BCUT2D eigenvalue weighted by Gasteiger charge is 2.16. The molecule has 0 spiro atoms. The van der Waals surface area contributed by atoms with Crippen molar-refractivity contribution in [3.05, 3.63) is 58.3 Å². The third-order valence-electron chi connectivity index (χ3n) is 4.81. The van der Waals surface area contributed by atoms with Crippen molar-refractivity contribution in [1.82, 2.24) is 15.2 Å². The van der Waals surface area contributed by atoms with Crippen molar-refractivity contribution >= 4 is 28.2 Å². The number of H-pyrrole nitrogens is 1. The summed E-state index contributed by atoms with van der Waals surface area (Å²) in [5, 5.41) is 13.7. The number of ether oxygens (including phenoxy) is 2. The van der Waals surface area contributed by atoms with E-state index in [2.05, 4.69) is 10.3 Å². The maximum absolute atomic E-state index is 12.7. The SMILES string of the molecule is O=c1[nH]c2cc3c(cc2cc1CN(CCCO)C(=S)NCc1ccco1)OCCO3. The lowest BCUT2D eigenvalue weighted by molar-refractivity contribution is 0.172. The lowest BCUT2D eigenvalue weighted by Gasteiger charge is -2.25. The molecule has 1 aromatic carbocycles. The first-order chi connectivity index (χ1) is 14.6. The molecule has 0 bridgehead atoms. The number of furan rings is 1. The minimum atomic E-state index is -0.193. The largest absolute Gasteiger partial charge is 0.486 e. The van der Waals surface area contributed by atoms with Crippen LogP contribution in [0.1, 0.15) is 17.7 Å². The summed E-state index contributed by atoms with van der Waals surface area (Å²) >= 11 is 5.52. The monoisotopic (exact) mass is 429 g/mol. The summed E-state index contributed by atoms with van der Waals surface area (Å²) in [5.74, 6) is 2.06. The molecule has 0 amide bonds. The zero-order valence-electron chi connectivity index (χ0n) is 16.3. The fourth-order valence-electron chi connectivity index (χ4n) is 3.31. The van der Waals surface area contributed by atoms with Crippen LogP contribution in [-0.2, 0) is 13.1 Å². The third kappa shape index (κ3) is 4.58. The first-order valence-corrected chi connectivity index (χ1v) is 10.2. The van der Waals surface area contributed by atoms with Crippen molar-refractivity contribution in [1.29, 1.82) is 0 Å². The second-order valence-electron chi connectivity index (χ2n) is 6.94. The van der Waals surface area contributed by atoms with Gasteiger partial charge in [-0.2, -0.15) is 0 Å². The highest BCUT2D eigenvalue weighted by molar-refractivity contribution is 7.80. The van der Waals surface area contributed by atoms with Gasteiger partial charge in [-0.05, 0) is 42.9 Å². The Balaban J connectivity index is 1.55. The van der Waals surface area contributed by atoms with E-state index in [1.807, 2.05) is 29.2 Å². The molecule has 4 rings (SSSR count). The van der Waals surface area contributed by atoms with Crippen molar-refractivity contribution in [2.24, 2.45) is 0 Å². The number of fused-ring (bicyclic) bond motifs is 2. The Morgan fingerprint density at radius 1 is 1.23 bits per heavy atom. The molecule has 0 aliphatic carbocycles. The second kappa shape index (κ2) is 9.19. The van der Waals surface area contributed by atoms with Crippen LogP contribution >= 0.6 is 12.2 Å². The lowest BCUT2D eigenvalue weighted by atomic mass is 10.1. The van der Waals surface area contributed by atoms with Gasteiger partial charge in [-0.3, -0.25) is 4.79 Å². The number of hydrogen-bond donors (Lipinski definition) is 3. The molecule has 8 nitrogen and oxygen atoms in total. The van der Waals surface area contributed by atoms with Crippen LogP contribution in [0, 0.1) is 0 Å². The molecule has 3 aromatic rings. The molecule has 0 fully saturated rings. The van der Waals surface area contributed by atoms with E-state index in [1.54, 1.807) is 12.3 Å². The number of aromatic nitrogens is 1. The van der Waals surface area contributed by atoms with E-state index < -0.39 is 0 Å². The van der Waals surface area contributed by atoms with Gasteiger partial charge < -0.3 is 34.2 Å². The predicted octanol–water partition coefficient (Wildman–Crippen LogP) is 2.15. The standard InChI is InChI=1S/C21H23N3O5S/c25-5-2-4-24(21(30)22-12-16-3-1-6-27-16)13-15-9-14-10-18-19(29-8-7-28-18)11-17(14)23-20(15)26/h1,3,6,9-11,25H,2,4-5,7-8,12-13H2,(H,22,30)(H,23,26). The summed E-state index contributed by atoms with van der Waals surface area (Å²) < 4.78 is 16.6. The summed E-state index contributed by atoms with van der Waals surface area (Å²) in [6.45, 7) is 2.29. The first-order valence-electron chi connectivity index (χ1n) is 9.75. The maximum atomic E-state index is 12.7. The molecular formula is C21H23N3O5S. The predicted molar refractivity (Wildman–Crippen MR) is 116 cm³/mol. The Morgan fingerprint density at radius 2 is 2.03 bits per heavy atom. The van der Waals surface area contributed by atoms with E-state index in [9.17, 15) is 9.90 Å². The number of aromatic amines is 1. The molecule has 1 aliphatic rings. The Kier molecular flexibility index (Phi) is 6.20. The zero-order valence-corrected chi connectivity index (χ0v) is 17.2. The van der Waals surface area contributed by atoms with Gasteiger partial charge in [0.2, 0.25) is 0 Å². The summed E-state index contributed by atoms with van der Waals surface area (Å²) in [5.41, 5.74) is 1.06. The van der Waals surface area contributed by atoms with E-state index >= 15 is 0 Å². The number of nitrogens with zero attached hydrogens (tertiary/aromatic N) is 1. The van der Waals surface area contributed by atoms with Gasteiger partial charge >= 0.3 is 0 Å². The number of rotatable bonds is 7. The Hall–Kier alpha value is -3.04. The first kappa shape index (κ1) is 20.2. The maximum Gasteiger partial charge on any atom is 0.253 e. The summed E-state index contributed by atoms with van der Waals surface area (Å²) in [6, 6.07) is 9.16. The molecule has 9 heteroatoms. The second-order valence-corrected chi connectivity index (χ2v) is 7.33. The van der Waals surface area contributed by atoms with Gasteiger partial charge in [0.25, 0.3) is 5.56 Å². The van der Waals surface area contributed by atoms with Crippen molar-refractivity contribution in [2.75, 3.05) is 26.4 Å². The molecule has 3 N–H and O–H groups in total. The normalized spacial score (nSPS) is 12.7. The minimum Gasteiger partial charge on any atom is -0.486 e. The van der Waals surface area contributed by atoms with E-state index in [-0.39, 0.29) is 12.2 Å². The highest BCUT2D eigenvalue weighted by Crippen LogP contribution is 2.33. The van der Waals surface area contributed by atoms with Crippen LogP contribution in [0.4, 0.5) is 0 Å². The molecule has 0 saturated carbocycles. The minimum absolute atomic E-state index is 0.0366. The number of hydrogen-bond acceptors (Lipinski definition) is 6. The summed E-state index contributed by atoms with van der Waals surface area (Å²) in [4.78, 5) is 17.5. The molecule has 158 valence electrons. The topological polar surface area (TPSA) is 100.0 Å². The number of benzene rings is 1. The number of pyridine rings is 1. The van der Waals surface area contributed by atoms with Gasteiger partial charge in [0, 0.05) is 30.2 Å². The highest BCUT2D eigenvalue weighted by atomic mass is 32.1. The van der Waals surface area contributed by atoms with E-state index in [0.717, 1.165) is 11.1 Å².